The van der Waals surface area contributed by atoms with Crippen molar-refractivity contribution in [1.82, 2.24) is 4.90 Å². The highest BCUT2D eigenvalue weighted by Gasteiger charge is 2.51. The summed E-state index contributed by atoms with van der Waals surface area (Å²) >= 11 is 0. The fourth-order valence-electron chi connectivity index (χ4n) is 3.43. The molecule has 0 aromatic heterocycles. The molecule has 0 spiro atoms. The van der Waals surface area contributed by atoms with Crippen molar-refractivity contribution in [2.45, 2.75) is 51.4 Å². The molecule has 126 valence electrons. The van der Waals surface area contributed by atoms with Crippen LogP contribution < -0.4 is 0 Å². The minimum Gasteiger partial charge on any atom is -0.467 e. The number of hydrogen-bond donors (Lipinski definition) is 0. The molecule has 5 nitrogen and oxygen atoms in total. The Morgan fingerprint density at radius 3 is 2.70 bits per heavy atom. The van der Waals surface area contributed by atoms with Crippen LogP contribution in [0.1, 0.15) is 25.8 Å². The lowest BCUT2D eigenvalue weighted by atomic mass is 9.99. The zero-order valence-corrected chi connectivity index (χ0v) is 14.0. The van der Waals surface area contributed by atoms with Gasteiger partial charge in [-0.1, -0.05) is 44.2 Å². The number of fused-ring (bicyclic) bond motifs is 2. The van der Waals surface area contributed by atoms with Crippen LogP contribution in [0.5, 0.6) is 0 Å². The monoisotopic (exact) mass is 319 g/mol. The van der Waals surface area contributed by atoms with Crippen LogP contribution in [0.2, 0.25) is 0 Å². The molecule has 3 rings (SSSR count). The molecule has 2 heterocycles. The van der Waals surface area contributed by atoms with Gasteiger partial charge >= 0.3 is 5.97 Å². The fraction of sp³-hybridized carbons (Fsp3) is 0.611. The first-order valence-corrected chi connectivity index (χ1v) is 8.25. The van der Waals surface area contributed by atoms with Crippen molar-refractivity contribution in [3.8, 4) is 0 Å². The normalized spacial score (nSPS) is 30.6. The van der Waals surface area contributed by atoms with Crippen molar-refractivity contribution in [1.29, 1.82) is 0 Å². The van der Waals surface area contributed by atoms with Gasteiger partial charge in [-0.25, -0.2) is 4.79 Å². The number of methoxy groups -OCH3 is 1. The second-order valence-corrected chi connectivity index (χ2v) is 6.73. The van der Waals surface area contributed by atoms with E-state index in [1.54, 1.807) is 0 Å². The molecule has 1 aromatic carbocycles. The summed E-state index contributed by atoms with van der Waals surface area (Å²) in [5.74, 6) is 0.182. The van der Waals surface area contributed by atoms with Crippen molar-refractivity contribution < 1.29 is 19.0 Å². The van der Waals surface area contributed by atoms with Crippen LogP contribution in [0, 0.1) is 5.92 Å². The Kier molecular flexibility index (Phi) is 4.99. The summed E-state index contributed by atoms with van der Waals surface area (Å²) in [5.41, 5.74) is 1.26. The lowest BCUT2D eigenvalue weighted by molar-refractivity contribution is -0.163. The molecule has 2 saturated heterocycles. The van der Waals surface area contributed by atoms with Crippen LogP contribution in [-0.4, -0.2) is 49.1 Å². The van der Waals surface area contributed by atoms with E-state index in [4.69, 9.17) is 14.2 Å². The van der Waals surface area contributed by atoms with E-state index in [-0.39, 0.29) is 24.4 Å². The van der Waals surface area contributed by atoms with Crippen molar-refractivity contribution in [2.24, 2.45) is 5.92 Å². The number of carbonyl (C=O) groups excluding carboxylic acids is 1. The SMILES string of the molecule is COC(=O)[C@@H]1O[C@H]2O[C@@H]1CN(Cc1ccccc1)[C@H]2CC(C)C. The molecular weight excluding hydrogens is 294 g/mol. The zero-order chi connectivity index (χ0) is 16.4. The molecule has 0 unspecified atom stereocenters. The maximum absolute atomic E-state index is 11.9. The Balaban J connectivity index is 1.78. The topological polar surface area (TPSA) is 48.0 Å². The number of esters is 1. The molecule has 2 aliphatic heterocycles. The van der Waals surface area contributed by atoms with Crippen LogP contribution in [0.25, 0.3) is 0 Å². The molecule has 2 bridgehead atoms. The van der Waals surface area contributed by atoms with Gasteiger partial charge in [-0.05, 0) is 17.9 Å². The maximum atomic E-state index is 11.9. The van der Waals surface area contributed by atoms with Gasteiger partial charge in [0.25, 0.3) is 0 Å². The van der Waals surface area contributed by atoms with Crippen molar-refractivity contribution >= 4 is 5.97 Å². The van der Waals surface area contributed by atoms with E-state index in [0.29, 0.717) is 12.5 Å². The molecule has 0 N–H and O–H groups in total. The first-order chi connectivity index (χ1) is 11.1. The van der Waals surface area contributed by atoms with Crippen molar-refractivity contribution in [2.75, 3.05) is 13.7 Å². The number of ether oxygens (including phenoxy) is 3. The number of rotatable bonds is 5. The molecule has 2 aliphatic rings. The lowest BCUT2D eigenvalue weighted by Gasteiger charge is -2.39. The summed E-state index contributed by atoms with van der Waals surface area (Å²) in [4.78, 5) is 14.3. The van der Waals surface area contributed by atoms with Gasteiger partial charge in [0, 0.05) is 13.1 Å². The van der Waals surface area contributed by atoms with Crippen LogP contribution in [-0.2, 0) is 25.5 Å². The summed E-state index contributed by atoms with van der Waals surface area (Å²) in [5, 5.41) is 0. The highest BCUT2D eigenvalue weighted by molar-refractivity contribution is 5.75. The highest BCUT2D eigenvalue weighted by atomic mass is 16.7. The Hall–Kier alpha value is -1.43. The quantitative estimate of drug-likeness (QED) is 0.779. The summed E-state index contributed by atoms with van der Waals surface area (Å²) in [6, 6.07) is 10.5. The molecule has 0 radical (unpaired) electrons. The molecule has 23 heavy (non-hydrogen) atoms. The molecule has 4 atom stereocenters. The number of carbonyl (C=O) groups is 1. The Labute approximate surface area is 137 Å². The number of nitrogens with zero attached hydrogens (tertiary/aromatic N) is 1. The number of benzene rings is 1. The zero-order valence-electron chi connectivity index (χ0n) is 14.0. The molecular formula is C18H25NO4. The van der Waals surface area contributed by atoms with Crippen LogP contribution >= 0.6 is 0 Å². The van der Waals surface area contributed by atoms with E-state index in [1.165, 1.54) is 12.7 Å². The first-order valence-electron chi connectivity index (χ1n) is 8.25. The highest BCUT2D eigenvalue weighted by Crippen LogP contribution is 2.34. The standard InChI is InChI=1S/C18H25NO4/c1-12(2)9-14-18-22-15(16(23-18)17(20)21-3)11-19(14)10-13-7-5-4-6-8-13/h4-8,12,14-16,18H,9-11H2,1-3H3/t14-,15+,16+,18+/m0/s1. The van der Waals surface area contributed by atoms with E-state index >= 15 is 0 Å². The minimum atomic E-state index is -0.611. The summed E-state index contributed by atoms with van der Waals surface area (Å²) < 4.78 is 16.7. The third kappa shape index (κ3) is 3.57. The van der Waals surface area contributed by atoms with Gasteiger partial charge in [0.1, 0.15) is 6.10 Å². The summed E-state index contributed by atoms with van der Waals surface area (Å²) in [6.07, 6.45) is -0.248. The average Bonchev–Trinajstić information content (AvgIpc) is 2.90. The molecule has 0 saturated carbocycles. The molecule has 2 fully saturated rings. The maximum Gasteiger partial charge on any atom is 0.337 e. The molecule has 0 amide bonds. The van der Waals surface area contributed by atoms with Crippen LogP contribution in [0.3, 0.4) is 0 Å². The molecule has 1 aromatic rings. The second kappa shape index (κ2) is 6.99. The fourth-order valence-corrected chi connectivity index (χ4v) is 3.43. The minimum absolute atomic E-state index is 0.154. The predicted octanol–water partition coefficient (Wildman–Crippen LogP) is 2.20. The summed E-state index contributed by atoms with van der Waals surface area (Å²) in [7, 11) is 1.39. The predicted molar refractivity (Wildman–Crippen MR) is 85.6 cm³/mol. The van der Waals surface area contributed by atoms with E-state index in [1.807, 2.05) is 6.07 Å². The van der Waals surface area contributed by atoms with Crippen molar-refractivity contribution in [3.63, 3.8) is 0 Å². The molecule has 5 heteroatoms. The van der Waals surface area contributed by atoms with E-state index in [9.17, 15) is 4.79 Å². The van der Waals surface area contributed by atoms with Gasteiger partial charge < -0.3 is 14.2 Å². The third-order valence-corrected chi connectivity index (χ3v) is 4.50. The molecule has 0 aliphatic carbocycles. The smallest absolute Gasteiger partial charge is 0.337 e. The van der Waals surface area contributed by atoms with Gasteiger partial charge in [0.15, 0.2) is 12.4 Å². The summed E-state index contributed by atoms with van der Waals surface area (Å²) in [6.45, 7) is 5.91. The number of morpholine rings is 1. The third-order valence-electron chi connectivity index (χ3n) is 4.50. The van der Waals surface area contributed by atoms with Crippen molar-refractivity contribution in [3.05, 3.63) is 35.9 Å². The Morgan fingerprint density at radius 1 is 1.30 bits per heavy atom. The van der Waals surface area contributed by atoms with Crippen LogP contribution in [0.4, 0.5) is 0 Å². The van der Waals surface area contributed by atoms with E-state index < -0.39 is 6.10 Å². The largest absolute Gasteiger partial charge is 0.467 e. The van der Waals surface area contributed by atoms with Crippen LogP contribution in [0.15, 0.2) is 30.3 Å². The Morgan fingerprint density at radius 2 is 2.04 bits per heavy atom. The van der Waals surface area contributed by atoms with Gasteiger partial charge in [-0.2, -0.15) is 0 Å². The Bertz CT molecular complexity index is 533. The average molecular weight is 319 g/mol. The lowest BCUT2D eigenvalue weighted by Crippen LogP contribution is -2.52. The van der Waals surface area contributed by atoms with E-state index in [0.717, 1.165) is 13.0 Å². The van der Waals surface area contributed by atoms with E-state index in [2.05, 4.69) is 43.0 Å². The number of hydrogen-bond acceptors (Lipinski definition) is 5. The first kappa shape index (κ1) is 16.4. The second-order valence-electron chi connectivity index (χ2n) is 6.73. The van der Waals surface area contributed by atoms with Gasteiger partial charge in [-0.3, -0.25) is 4.90 Å². The van der Waals surface area contributed by atoms with Gasteiger partial charge in [0.05, 0.1) is 13.2 Å². The van der Waals surface area contributed by atoms with Gasteiger partial charge in [-0.15, -0.1) is 0 Å². The van der Waals surface area contributed by atoms with Gasteiger partial charge in [0.2, 0.25) is 0 Å².